The SMILES string of the molecule is CCCCCCCCCc1ccc(-c2ccc(C(CC)OC(=O)c3ccc(CCCCCCCC)nc3)cc2)cc1. The monoisotopic (exact) mass is 555 g/mol. The fourth-order valence-corrected chi connectivity index (χ4v) is 5.40. The lowest BCUT2D eigenvalue weighted by Crippen LogP contribution is -2.11. The molecule has 3 nitrogen and oxygen atoms in total. The molecule has 0 aliphatic heterocycles. The summed E-state index contributed by atoms with van der Waals surface area (Å²) in [5.74, 6) is -0.309. The maximum atomic E-state index is 12.9. The molecule has 3 heteroatoms. The van der Waals surface area contributed by atoms with Gasteiger partial charge in [-0.3, -0.25) is 4.98 Å². The molecule has 3 rings (SSSR count). The molecule has 0 radical (unpaired) electrons. The number of aromatic nitrogens is 1. The van der Waals surface area contributed by atoms with Crippen molar-refractivity contribution < 1.29 is 9.53 Å². The van der Waals surface area contributed by atoms with Gasteiger partial charge in [0.2, 0.25) is 0 Å². The third-order valence-corrected chi connectivity index (χ3v) is 8.11. The summed E-state index contributed by atoms with van der Waals surface area (Å²) in [6, 6.07) is 21.3. The summed E-state index contributed by atoms with van der Waals surface area (Å²) in [5, 5.41) is 0. The zero-order valence-corrected chi connectivity index (χ0v) is 26.0. The van der Waals surface area contributed by atoms with Crippen LogP contribution in [0.15, 0.2) is 66.9 Å². The maximum Gasteiger partial charge on any atom is 0.340 e. The summed E-state index contributed by atoms with van der Waals surface area (Å²) in [5.41, 5.74) is 6.41. The van der Waals surface area contributed by atoms with Gasteiger partial charge >= 0.3 is 5.97 Å². The van der Waals surface area contributed by atoms with E-state index < -0.39 is 0 Å². The number of nitrogens with zero attached hydrogens (tertiary/aromatic N) is 1. The summed E-state index contributed by atoms with van der Waals surface area (Å²) in [6.45, 7) is 6.57. The highest BCUT2D eigenvalue weighted by Gasteiger charge is 2.17. The average molecular weight is 556 g/mol. The first-order chi connectivity index (χ1) is 20.1. The number of carbonyl (C=O) groups is 1. The van der Waals surface area contributed by atoms with Crippen molar-refractivity contribution >= 4 is 5.97 Å². The van der Waals surface area contributed by atoms with Crippen molar-refractivity contribution in [1.29, 1.82) is 0 Å². The van der Waals surface area contributed by atoms with Crippen LogP contribution in [0, 0.1) is 0 Å². The van der Waals surface area contributed by atoms with Crippen LogP contribution in [0.1, 0.15) is 144 Å². The minimum atomic E-state index is -0.309. The van der Waals surface area contributed by atoms with Gasteiger partial charge in [-0.2, -0.15) is 0 Å². The van der Waals surface area contributed by atoms with E-state index in [-0.39, 0.29) is 12.1 Å². The number of hydrogen-bond acceptors (Lipinski definition) is 3. The van der Waals surface area contributed by atoms with Crippen molar-refractivity contribution in [3.05, 3.63) is 89.2 Å². The molecule has 1 unspecified atom stereocenters. The van der Waals surface area contributed by atoms with E-state index in [1.165, 1.54) is 93.7 Å². The lowest BCUT2D eigenvalue weighted by atomic mass is 9.98. The summed E-state index contributed by atoms with van der Waals surface area (Å²) < 4.78 is 5.90. The van der Waals surface area contributed by atoms with Crippen molar-refractivity contribution in [1.82, 2.24) is 4.98 Å². The Balaban J connectivity index is 1.46. The van der Waals surface area contributed by atoms with Crippen molar-refractivity contribution in [3.63, 3.8) is 0 Å². The van der Waals surface area contributed by atoms with Gasteiger partial charge in [-0.05, 0) is 66.5 Å². The van der Waals surface area contributed by atoms with E-state index >= 15 is 0 Å². The standard InChI is InChI=1S/C38H53NO2/c1-4-7-9-11-13-14-16-18-31-20-22-32(23-21-31)33-24-26-34(27-25-33)37(6-3)41-38(40)35-28-29-36(39-30-35)19-17-15-12-10-8-5-2/h20-30,37H,4-19H2,1-3H3. The van der Waals surface area contributed by atoms with Gasteiger partial charge in [-0.15, -0.1) is 0 Å². The highest BCUT2D eigenvalue weighted by molar-refractivity contribution is 5.89. The van der Waals surface area contributed by atoms with Gasteiger partial charge in [0.1, 0.15) is 6.10 Å². The normalized spacial score (nSPS) is 11.9. The van der Waals surface area contributed by atoms with Crippen molar-refractivity contribution in [2.75, 3.05) is 0 Å². The highest BCUT2D eigenvalue weighted by Crippen LogP contribution is 2.27. The van der Waals surface area contributed by atoms with E-state index in [0.717, 1.165) is 36.9 Å². The van der Waals surface area contributed by atoms with Crippen LogP contribution in [0.4, 0.5) is 0 Å². The minimum absolute atomic E-state index is 0.274. The van der Waals surface area contributed by atoms with E-state index in [1.807, 2.05) is 12.1 Å². The molecule has 0 aliphatic carbocycles. The van der Waals surface area contributed by atoms with Crippen LogP contribution in [0.5, 0.6) is 0 Å². The number of rotatable bonds is 20. The zero-order chi connectivity index (χ0) is 29.1. The molecule has 0 aliphatic rings. The van der Waals surface area contributed by atoms with Gasteiger partial charge in [0.15, 0.2) is 0 Å². The number of aryl methyl sites for hydroxylation is 2. The quantitative estimate of drug-likeness (QED) is 0.103. The van der Waals surface area contributed by atoms with E-state index in [2.05, 4.69) is 74.3 Å². The molecule has 41 heavy (non-hydrogen) atoms. The summed E-state index contributed by atoms with van der Waals surface area (Å²) in [6.07, 6.45) is 21.3. The number of unbranched alkanes of at least 4 members (excludes halogenated alkanes) is 11. The number of hydrogen-bond donors (Lipinski definition) is 0. The Labute approximate surface area is 250 Å². The first-order valence-electron chi connectivity index (χ1n) is 16.5. The first-order valence-corrected chi connectivity index (χ1v) is 16.5. The van der Waals surface area contributed by atoms with Crippen LogP contribution >= 0.6 is 0 Å². The van der Waals surface area contributed by atoms with E-state index in [0.29, 0.717) is 5.56 Å². The van der Waals surface area contributed by atoms with Crippen LogP contribution in [-0.4, -0.2) is 11.0 Å². The lowest BCUT2D eigenvalue weighted by molar-refractivity contribution is 0.0287. The number of benzene rings is 2. The highest BCUT2D eigenvalue weighted by atomic mass is 16.5. The third kappa shape index (κ3) is 11.8. The number of carbonyl (C=O) groups excluding carboxylic acids is 1. The number of pyridine rings is 1. The molecule has 3 aromatic rings. The molecule has 1 atom stereocenters. The molecular weight excluding hydrogens is 502 g/mol. The maximum absolute atomic E-state index is 12.9. The molecule has 0 saturated heterocycles. The second-order valence-electron chi connectivity index (χ2n) is 11.5. The van der Waals surface area contributed by atoms with Crippen molar-refractivity contribution in [3.8, 4) is 11.1 Å². The minimum Gasteiger partial charge on any atom is -0.454 e. The van der Waals surface area contributed by atoms with Crippen molar-refractivity contribution in [2.24, 2.45) is 0 Å². The Morgan fingerprint density at radius 3 is 1.71 bits per heavy atom. The second kappa shape index (κ2) is 19.2. The van der Waals surface area contributed by atoms with Crippen LogP contribution in [0.2, 0.25) is 0 Å². The average Bonchev–Trinajstić information content (AvgIpc) is 3.02. The predicted molar refractivity (Wildman–Crippen MR) is 173 cm³/mol. The molecule has 0 bridgehead atoms. The van der Waals surface area contributed by atoms with E-state index in [1.54, 1.807) is 6.20 Å². The first kappa shape index (κ1) is 32.6. The molecular formula is C38H53NO2. The van der Waals surface area contributed by atoms with E-state index in [4.69, 9.17) is 4.74 Å². The topological polar surface area (TPSA) is 39.2 Å². The zero-order valence-electron chi connectivity index (χ0n) is 26.0. The Morgan fingerprint density at radius 1 is 0.634 bits per heavy atom. The molecule has 0 spiro atoms. The fraction of sp³-hybridized carbons (Fsp3) is 0.526. The Hall–Kier alpha value is -2.94. The summed E-state index contributed by atoms with van der Waals surface area (Å²) >= 11 is 0. The molecule has 0 fully saturated rings. The molecule has 2 aromatic carbocycles. The van der Waals surface area contributed by atoms with Crippen molar-refractivity contribution in [2.45, 2.75) is 130 Å². The molecule has 1 aromatic heterocycles. The molecule has 222 valence electrons. The molecule has 0 amide bonds. The fourth-order valence-electron chi connectivity index (χ4n) is 5.40. The van der Waals surface area contributed by atoms with Crippen LogP contribution in [-0.2, 0) is 17.6 Å². The Bertz CT molecular complexity index is 1100. The Kier molecular flexibility index (Phi) is 15.3. The van der Waals surface area contributed by atoms with Crippen LogP contribution in [0.3, 0.4) is 0 Å². The van der Waals surface area contributed by atoms with Crippen LogP contribution < -0.4 is 0 Å². The van der Waals surface area contributed by atoms with Gasteiger partial charge in [-0.25, -0.2) is 4.79 Å². The largest absolute Gasteiger partial charge is 0.454 e. The summed E-state index contributed by atoms with van der Waals surface area (Å²) in [7, 11) is 0. The molecule has 0 saturated carbocycles. The van der Waals surface area contributed by atoms with E-state index in [9.17, 15) is 4.79 Å². The number of ether oxygens (including phenoxy) is 1. The van der Waals surface area contributed by atoms with Gasteiger partial charge in [0.05, 0.1) is 5.56 Å². The summed E-state index contributed by atoms with van der Waals surface area (Å²) in [4.78, 5) is 17.4. The van der Waals surface area contributed by atoms with Gasteiger partial charge < -0.3 is 4.74 Å². The smallest absolute Gasteiger partial charge is 0.340 e. The van der Waals surface area contributed by atoms with Crippen LogP contribution in [0.25, 0.3) is 11.1 Å². The van der Waals surface area contributed by atoms with Gasteiger partial charge in [-0.1, -0.05) is 140 Å². The second-order valence-corrected chi connectivity index (χ2v) is 11.5. The van der Waals surface area contributed by atoms with Gasteiger partial charge in [0, 0.05) is 11.9 Å². The third-order valence-electron chi connectivity index (χ3n) is 8.11. The Morgan fingerprint density at radius 2 is 1.17 bits per heavy atom. The molecule has 0 N–H and O–H groups in total. The lowest BCUT2D eigenvalue weighted by Gasteiger charge is -2.17. The molecule has 1 heterocycles. The number of esters is 1. The van der Waals surface area contributed by atoms with Gasteiger partial charge in [0.25, 0.3) is 0 Å². The predicted octanol–water partition coefficient (Wildman–Crippen LogP) is 11.3.